The molecule has 7 nitrogen and oxygen atoms in total. The highest BCUT2D eigenvalue weighted by atomic mass is 32.2. The fraction of sp³-hybridized carbons (Fsp3) is 0.462. The van der Waals surface area contributed by atoms with E-state index in [0.29, 0.717) is 12.3 Å². The molecule has 8 heteroatoms. The van der Waals surface area contributed by atoms with E-state index in [0.717, 1.165) is 10.8 Å². The zero-order valence-electron chi connectivity index (χ0n) is 12.4. The van der Waals surface area contributed by atoms with Gasteiger partial charge in [0.05, 0.1) is 13.1 Å². The molecule has 21 heavy (non-hydrogen) atoms. The minimum atomic E-state index is -3.51. The van der Waals surface area contributed by atoms with Gasteiger partial charge < -0.3 is 9.73 Å². The van der Waals surface area contributed by atoms with Gasteiger partial charge in [0.2, 0.25) is 5.09 Å². The van der Waals surface area contributed by atoms with Crippen LogP contribution in [0.4, 0.5) is 0 Å². The second-order valence-electron chi connectivity index (χ2n) is 5.02. The molecule has 2 rings (SSSR count). The summed E-state index contributed by atoms with van der Waals surface area (Å²) >= 11 is 0. The van der Waals surface area contributed by atoms with E-state index in [1.54, 1.807) is 12.3 Å². The standard InChI is InChI=1S/C13H20N4O3S/c1-11(10-17-8-4-7-15-17)14-9-12-5-6-13(20-12)21(18,19)16(2)3/h4-8,11,14H,9-10H2,1-3H3. The largest absolute Gasteiger partial charge is 0.447 e. The van der Waals surface area contributed by atoms with Gasteiger partial charge in [0.15, 0.2) is 0 Å². The van der Waals surface area contributed by atoms with Crippen molar-refractivity contribution in [3.63, 3.8) is 0 Å². The quantitative estimate of drug-likeness (QED) is 0.822. The van der Waals surface area contributed by atoms with Crippen LogP contribution < -0.4 is 5.32 Å². The number of nitrogens with zero attached hydrogens (tertiary/aromatic N) is 3. The average Bonchev–Trinajstić information content (AvgIpc) is 3.07. The molecule has 0 aliphatic heterocycles. The van der Waals surface area contributed by atoms with Crippen molar-refractivity contribution in [3.05, 3.63) is 36.4 Å². The van der Waals surface area contributed by atoms with E-state index in [1.165, 1.54) is 20.2 Å². The Morgan fingerprint density at radius 3 is 2.81 bits per heavy atom. The van der Waals surface area contributed by atoms with E-state index in [1.807, 2.05) is 23.9 Å². The summed E-state index contributed by atoms with van der Waals surface area (Å²) in [6.45, 7) is 3.23. The Kier molecular flexibility index (Phi) is 4.81. The van der Waals surface area contributed by atoms with Crippen LogP contribution in [-0.4, -0.2) is 42.6 Å². The molecule has 2 aromatic rings. The highest BCUT2D eigenvalue weighted by Gasteiger charge is 2.21. The maximum Gasteiger partial charge on any atom is 0.275 e. The molecule has 1 unspecified atom stereocenters. The van der Waals surface area contributed by atoms with Crippen molar-refractivity contribution >= 4 is 10.0 Å². The van der Waals surface area contributed by atoms with Gasteiger partial charge in [0, 0.05) is 32.5 Å². The van der Waals surface area contributed by atoms with Crippen LogP contribution in [0.3, 0.4) is 0 Å². The van der Waals surface area contributed by atoms with Crippen molar-refractivity contribution in [1.29, 1.82) is 0 Å². The average molecular weight is 312 g/mol. The molecule has 0 radical (unpaired) electrons. The molecule has 2 heterocycles. The Labute approximate surface area is 124 Å². The number of hydrogen-bond donors (Lipinski definition) is 1. The van der Waals surface area contributed by atoms with Crippen LogP contribution in [0.15, 0.2) is 40.1 Å². The third-order valence-corrected chi connectivity index (χ3v) is 4.71. The van der Waals surface area contributed by atoms with Gasteiger partial charge in [0.25, 0.3) is 10.0 Å². The highest BCUT2D eigenvalue weighted by molar-refractivity contribution is 7.88. The normalized spacial score (nSPS) is 13.7. The van der Waals surface area contributed by atoms with Crippen molar-refractivity contribution in [3.8, 4) is 0 Å². The van der Waals surface area contributed by atoms with Crippen molar-refractivity contribution in [2.45, 2.75) is 31.1 Å². The summed E-state index contributed by atoms with van der Waals surface area (Å²) in [5, 5.41) is 7.37. The third kappa shape index (κ3) is 3.93. The minimum Gasteiger partial charge on any atom is -0.447 e. The summed E-state index contributed by atoms with van der Waals surface area (Å²) in [5.74, 6) is 0.586. The van der Waals surface area contributed by atoms with Gasteiger partial charge in [-0.25, -0.2) is 12.7 Å². The molecule has 0 saturated carbocycles. The molecule has 0 bridgehead atoms. The van der Waals surface area contributed by atoms with E-state index in [9.17, 15) is 8.42 Å². The van der Waals surface area contributed by atoms with Gasteiger partial charge in [-0.05, 0) is 25.1 Å². The van der Waals surface area contributed by atoms with Crippen LogP contribution in [0.2, 0.25) is 0 Å². The van der Waals surface area contributed by atoms with Crippen LogP contribution in [0.25, 0.3) is 0 Å². The van der Waals surface area contributed by atoms with Gasteiger partial charge in [-0.3, -0.25) is 4.68 Å². The second-order valence-corrected chi connectivity index (χ2v) is 7.10. The molecule has 1 atom stereocenters. The second kappa shape index (κ2) is 6.42. The lowest BCUT2D eigenvalue weighted by molar-refractivity contribution is 0.370. The van der Waals surface area contributed by atoms with Crippen molar-refractivity contribution in [2.24, 2.45) is 0 Å². The number of hydrogen-bond acceptors (Lipinski definition) is 5. The summed E-state index contributed by atoms with van der Waals surface area (Å²) in [7, 11) is -0.563. The first-order valence-corrected chi connectivity index (χ1v) is 8.05. The van der Waals surface area contributed by atoms with Crippen molar-refractivity contribution in [1.82, 2.24) is 19.4 Å². The predicted octanol–water partition coefficient (Wildman–Crippen LogP) is 0.905. The summed E-state index contributed by atoms with van der Waals surface area (Å²) < 4.78 is 32.1. The number of furan rings is 1. The fourth-order valence-corrected chi connectivity index (χ4v) is 2.61. The van der Waals surface area contributed by atoms with Crippen LogP contribution >= 0.6 is 0 Å². The number of rotatable bonds is 7. The van der Waals surface area contributed by atoms with E-state index >= 15 is 0 Å². The lowest BCUT2D eigenvalue weighted by Crippen LogP contribution is -2.30. The molecule has 2 aromatic heterocycles. The Hall–Kier alpha value is -1.64. The molecule has 0 amide bonds. The zero-order chi connectivity index (χ0) is 15.5. The smallest absolute Gasteiger partial charge is 0.275 e. The molecule has 116 valence electrons. The minimum absolute atomic E-state index is 0.0379. The van der Waals surface area contributed by atoms with Crippen LogP contribution in [-0.2, 0) is 23.1 Å². The number of sulfonamides is 1. The SMILES string of the molecule is CC(Cn1cccn1)NCc1ccc(S(=O)(=O)N(C)C)o1. The Morgan fingerprint density at radius 2 is 2.19 bits per heavy atom. The van der Waals surface area contributed by atoms with E-state index < -0.39 is 10.0 Å². The topological polar surface area (TPSA) is 80.4 Å². The predicted molar refractivity (Wildman–Crippen MR) is 78.1 cm³/mol. The van der Waals surface area contributed by atoms with E-state index in [-0.39, 0.29) is 11.1 Å². The van der Waals surface area contributed by atoms with E-state index in [2.05, 4.69) is 10.4 Å². The third-order valence-electron chi connectivity index (χ3n) is 3.02. The molecule has 0 aliphatic carbocycles. The zero-order valence-corrected chi connectivity index (χ0v) is 13.2. The highest BCUT2D eigenvalue weighted by Crippen LogP contribution is 2.16. The Morgan fingerprint density at radius 1 is 1.43 bits per heavy atom. The summed E-state index contributed by atoms with van der Waals surface area (Å²) in [4.78, 5) is 0. The Bertz CT molecular complexity index is 661. The van der Waals surface area contributed by atoms with Gasteiger partial charge >= 0.3 is 0 Å². The molecule has 0 aromatic carbocycles. The molecule has 1 N–H and O–H groups in total. The lowest BCUT2D eigenvalue weighted by atomic mass is 10.3. The summed E-state index contributed by atoms with van der Waals surface area (Å²) in [6, 6.07) is 5.20. The first-order chi connectivity index (χ1) is 9.89. The van der Waals surface area contributed by atoms with Gasteiger partial charge in [-0.2, -0.15) is 5.10 Å². The summed E-state index contributed by atoms with van der Waals surface area (Å²) in [6.07, 6.45) is 3.63. The molecule has 0 fully saturated rings. The molecular weight excluding hydrogens is 292 g/mol. The van der Waals surface area contributed by atoms with Crippen molar-refractivity contribution < 1.29 is 12.8 Å². The Balaban J connectivity index is 1.91. The monoisotopic (exact) mass is 312 g/mol. The first-order valence-electron chi connectivity index (χ1n) is 6.61. The lowest BCUT2D eigenvalue weighted by Gasteiger charge is -2.12. The molecule has 0 spiro atoms. The fourth-order valence-electron chi connectivity index (χ4n) is 1.80. The van der Waals surface area contributed by atoms with E-state index in [4.69, 9.17) is 4.42 Å². The molecule has 0 saturated heterocycles. The van der Waals surface area contributed by atoms with Gasteiger partial charge in [-0.15, -0.1) is 0 Å². The number of aromatic nitrogens is 2. The van der Waals surface area contributed by atoms with Crippen molar-refractivity contribution in [2.75, 3.05) is 14.1 Å². The molecule has 0 aliphatic rings. The number of nitrogens with one attached hydrogen (secondary N) is 1. The van der Waals surface area contributed by atoms with Gasteiger partial charge in [-0.1, -0.05) is 0 Å². The van der Waals surface area contributed by atoms with Crippen LogP contribution in [0.1, 0.15) is 12.7 Å². The molecular formula is C13H20N4O3S. The van der Waals surface area contributed by atoms with Gasteiger partial charge in [0.1, 0.15) is 5.76 Å². The first kappa shape index (κ1) is 15.7. The maximum atomic E-state index is 11.9. The van der Waals surface area contributed by atoms with Crippen LogP contribution in [0.5, 0.6) is 0 Å². The maximum absolute atomic E-state index is 11.9. The van der Waals surface area contributed by atoms with Crippen LogP contribution in [0, 0.1) is 0 Å². The summed E-state index contributed by atoms with van der Waals surface area (Å²) in [5.41, 5.74) is 0.